The maximum atomic E-state index is 5.81. The second kappa shape index (κ2) is 6.17. The van der Waals surface area contributed by atoms with Crippen LogP contribution in [-0.4, -0.2) is 6.04 Å². The summed E-state index contributed by atoms with van der Waals surface area (Å²) in [4.78, 5) is 0. The topological polar surface area (TPSA) is 38.0 Å². The molecule has 3 N–H and O–H groups in total. The lowest BCUT2D eigenvalue weighted by Gasteiger charge is -2.43. The molecule has 1 aliphatic carbocycles. The lowest BCUT2D eigenvalue weighted by Crippen LogP contribution is -2.52. The molecule has 0 radical (unpaired) electrons. The minimum absolute atomic E-state index is 0.183. The van der Waals surface area contributed by atoms with E-state index < -0.39 is 0 Å². The molecule has 2 nitrogen and oxygen atoms in total. The van der Waals surface area contributed by atoms with Crippen LogP contribution in [0.2, 0.25) is 0 Å². The standard InChI is InChI=1S/C16H24N2/c1-2-9-15(18-17)16(12-7-4-8-13-16)14-10-5-3-6-11-14/h2-3,5-6,10-11,15,18H,1,4,7-9,12-13,17H2. The normalized spacial score (nSPS) is 20.3. The SMILES string of the molecule is C=CCC(NN)C1(c2ccccc2)CCCCC1. The number of rotatable bonds is 5. The number of hydrogen-bond donors (Lipinski definition) is 2. The number of nitrogens with one attached hydrogen (secondary N) is 1. The highest BCUT2D eigenvalue weighted by molar-refractivity contribution is 5.29. The van der Waals surface area contributed by atoms with Crippen LogP contribution in [0.15, 0.2) is 43.0 Å². The minimum Gasteiger partial charge on any atom is -0.271 e. The third-order valence-corrected chi connectivity index (χ3v) is 4.37. The molecule has 0 amide bonds. The average Bonchev–Trinajstić information content (AvgIpc) is 2.46. The molecule has 1 fully saturated rings. The van der Waals surface area contributed by atoms with Crippen LogP contribution in [0.4, 0.5) is 0 Å². The molecule has 0 heterocycles. The van der Waals surface area contributed by atoms with E-state index in [1.165, 1.54) is 37.7 Å². The van der Waals surface area contributed by atoms with E-state index in [-0.39, 0.29) is 11.5 Å². The Labute approximate surface area is 110 Å². The van der Waals surface area contributed by atoms with Gasteiger partial charge in [0.05, 0.1) is 0 Å². The highest BCUT2D eigenvalue weighted by Gasteiger charge is 2.40. The molecule has 1 unspecified atom stereocenters. The molecule has 2 heteroatoms. The average molecular weight is 244 g/mol. The second-order valence-electron chi connectivity index (χ2n) is 5.33. The molecule has 1 aliphatic rings. The number of benzene rings is 1. The number of nitrogens with two attached hydrogens (primary N) is 1. The Balaban J connectivity index is 2.36. The van der Waals surface area contributed by atoms with Gasteiger partial charge in [-0.2, -0.15) is 0 Å². The molecule has 1 atom stereocenters. The quantitative estimate of drug-likeness (QED) is 0.474. The molecule has 98 valence electrons. The summed E-state index contributed by atoms with van der Waals surface area (Å²) in [5, 5.41) is 0. The fourth-order valence-electron chi connectivity index (χ4n) is 3.41. The van der Waals surface area contributed by atoms with Crippen molar-refractivity contribution in [3.63, 3.8) is 0 Å². The summed E-state index contributed by atoms with van der Waals surface area (Å²) in [6, 6.07) is 11.1. The van der Waals surface area contributed by atoms with Gasteiger partial charge in [0.25, 0.3) is 0 Å². The summed E-state index contributed by atoms with van der Waals surface area (Å²) in [5.74, 6) is 5.81. The van der Waals surface area contributed by atoms with E-state index in [2.05, 4.69) is 42.3 Å². The molecule has 1 saturated carbocycles. The van der Waals surface area contributed by atoms with Gasteiger partial charge in [-0.3, -0.25) is 11.3 Å². The van der Waals surface area contributed by atoms with Crippen molar-refractivity contribution >= 4 is 0 Å². The summed E-state index contributed by atoms with van der Waals surface area (Å²) in [5.41, 5.74) is 4.65. The summed E-state index contributed by atoms with van der Waals surface area (Å²) in [7, 11) is 0. The van der Waals surface area contributed by atoms with E-state index >= 15 is 0 Å². The predicted molar refractivity (Wildman–Crippen MR) is 77.1 cm³/mol. The lowest BCUT2D eigenvalue weighted by molar-refractivity contribution is 0.213. The van der Waals surface area contributed by atoms with Crippen molar-refractivity contribution in [2.24, 2.45) is 5.84 Å². The minimum atomic E-state index is 0.183. The zero-order chi connectivity index (χ0) is 12.8. The Morgan fingerprint density at radius 3 is 2.44 bits per heavy atom. The Hall–Kier alpha value is -1.12. The van der Waals surface area contributed by atoms with Gasteiger partial charge in [0.2, 0.25) is 0 Å². The van der Waals surface area contributed by atoms with Gasteiger partial charge >= 0.3 is 0 Å². The molecule has 0 bridgehead atoms. The lowest BCUT2D eigenvalue weighted by atomic mass is 9.64. The van der Waals surface area contributed by atoms with Gasteiger partial charge < -0.3 is 0 Å². The first-order valence-corrected chi connectivity index (χ1v) is 6.96. The van der Waals surface area contributed by atoms with E-state index in [1.807, 2.05) is 6.08 Å². The molecular weight excluding hydrogens is 220 g/mol. The number of hydrazine groups is 1. The molecule has 0 spiro atoms. The van der Waals surface area contributed by atoms with Crippen molar-refractivity contribution in [3.8, 4) is 0 Å². The van der Waals surface area contributed by atoms with Gasteiger partial charge in [0.1, 0.15) is 0 Å². The van der Waals surface area contributed by atoms with Crippen LogP contribution in [-0.2, 0) is 5.41 Å². The zero-order valence-electron chi connectivity index (χ0n) is 11.1. The Morgan fingerprint density at radius 2 is 1.89 bits per heavy atom. The van der Waals surface area contributed by atoms with Gasteiger partial charge in [0.15, 0.2) is 0 Å². The van der Waals surface area contributed by atoms with Crippen molar-refractivity contribution in [3.05, 3.63) is 48.6 Å². The Kier molecular flexibility index (Phi) is 4.56. The van der Waals surface area contributed by atoms with Crippen molar-refractivity contribution in [2.45, 2.75) is 50.0 Å². The maximum absolute atomic E-state index is 5.81. The maximum Gasteiger partial charge on any atom is 0.0341 e. The van der Waals surface area contributed by atoms with Gasteiger partial charge in [-0.15, -0.1) is 6.58 Å². The molecule has 2 rings (SSSR count). The third-order valence-electron chi connectivity index (χ3n) is 4.37. The third kappa shape index (κ3) is 2.50. The van der Waals surface area contributed by atoms with Crippen molar-refractivity contribution < 1.29 is 0 Å². The predicted octanol–water partition coefficient (Wildman–Crippen LogP) is 3.30. The first-order valence-electron chi connectivity index (χ1n) is 6.96. The van der Waals surface area contributed by atoms with E-state index in [4.69, 9.17) is 5.84 Å². The van der Waals surface area contributed by atoms with Gasteiger partial charge in [-0.05, 0) is 24.8 Å². The highest BCUT2D eigenvalue weighted by Crippen LogP contribution is 2.43. The summed E-state index contributed by atoms with van der Waals surface area (Å²) < 4.78 is 0. The Bertz CT molecular complexity index is 366. The van der Waals surface area contributed by atoms with E-state index in [0.717, 1.165) is 6.42 Å². The van der Waals surface area contributed by atoms with Crippen LogP contribution in [0.5, 0.6) is 0 Å². The van der Waals surface area contributed by atoms with Crippen molar-refractivity contribution in [1.82, 2.24) is 5.43 Å². The van der Waals surface area contributed by atoms with Crippen LogP contribution in [0.1, 0.15) is 44.1 Å². The number of hydrogen-bond acceptors (Lipinski definition) is 2. The summed E-state index contributed by atoms with van der Waals surface area (Å²) in [6.45, 7) is 3.87. The largest absolute Gasteiger partial charge is 0.271 e. The van der Waals surface area contributed by atoms with E-state index in [9.17, 15) is 0 Å². The molecule has 1 aromatic rings. The second-order valence-corrected chi connectivity index (χ2v) is 5.33. The van der Waals surface area contributed by atoms with E-state index in [1.54, 1.807) is 0 Å². The van der Waals surface area contributed by atoms with Gasteiger partial charge in [-0.25, -0.2) is 0 Å². The van der Waals surface area contributed by atoms with Gasteiger partial charge in [-0.1, -0.05) is 55.7 Å². The first kappa shape index (κ1) is 13.3. The Morgan fingerprint density at radius 1 is 1.22 bits per heavy atom. The molecular formula is C16H24N2. The van der Waals surface area contributed by atoms with E-state index in [0.29, 0.717) is 0 Å². The van der Waals surface area contributed by atoms with Crippen LogP contribution >= 0.6 is 0 Å². The summed E-state index contributed by atoms with van der Waals surface area (Å²) in [6.07, 6.45) is 9.28. The summed E-state index contributed by atoms with van der Waals surface area (Å²) >= 11 is 0. The molecule has 0 aliphatic heterocycles. The molecule has 1 aromatic carbocycles. The van der Waals surface area contributed by atoms with Crippen LogP contribution < -0.4 is 11.3 Å². The first-order chi connectivity index (χ1) is 8.83. The van der Waals surface area contributed by atoms with Crippen LogP contribution in [0.3, 0.4) is 0 Å². The monoisotopic (exact) mass is 244 g/mol. The highest BCUT2D eigenvalue weighted by atomic mass is 15.2. The zero-order valence-corrected chi connectivity index (χ0v) is 11.1. The molecule has 0 saturated heterocycles. The van der Waals surface area contributed by atoms with Crippen LogP contribution in [0, 0.1) is 0 Å². The fourth-order valence-corrected chi connectivity index (χ4v) is 3.41. The molecule has 18 heavy (non-hydrogen) atoms. The van der Waals surface area contributed by atoms with Crippen molar-refractivity contribution in [2.75, 3.05) is 0 Å². The molecule has 0 aromatic heterocycles. The van der Waals surface area contributed by atoms with Crippen molar-refractivity contribution in [1.29, 1.82) is 0 Å². The van der Waals surface area contributed by atoms with Crippen LogP contribution in [0.25, 0.3) is 0 Å². The smallest absolute Gasteiger partial charge is 0.0341 e. The fraction of sp³-hybridized carbons (Fsp3) is 0.500. The van der Waals surface area contributed by atoms with Gasteiger partial charge in [0, 0.05) is 11.5 Å².